The van der Waals surface area contributed by atoms with Crippen molar-refractivity contribution in [3.63, 3.8) is 0 Å². The average Bonchev–Trinajstić information content (AvgIpc) is 1.27. The molecule has 0 spiro atoms. The molecule has 8 heavy (non-hydrogen) atoms. The molecule has 0 aromatic heterocycles. The summed E-state index contributed by atoms with van der Waals surface area (Å²) in [5.74, 6) is 0. The summed E-state index contributed by atoms with van der Waals surface area (Å²) in [4.78, 5) is 0. The molecule has 2 N–H and O–H groups in total. The first-order chi connectivity index (χ1) is 3.41. The van der Waals surface area contributed by atoms with E-state index in [0.29, 0.717) is 0 Å². The van der Waals surface area contributed by atoms with E-state index in [0.717, 1.165) is 0 Å². The van der Waals surface area contributed by atoms with E-state index in [4.69, 9.17) is 5.73 Å². The monoisotopic (exact) mass is 119 g/mol. The van der Waals surface area contributed by atoms with Gasteiger partial charge in [-0.15, -0.1) is 0 Å². The van der Waals surface area contributed by atoms with E-state index in [9.17, 15) is 0 Å². The molecule has 0 bridgehead atoms. The van der Waals surface area contributed by atoms with Crippen LogP contribution in [0.4, 0.5) is 0 Å². The first-order valence-electron chi connectivity index (χ1n) is 2.61. The van der Waals surface area contributed by atoms with Crippen LogP contribution in [0.2, 0.25) is 0 Å². The predicted molar refractivity (Wildman–Crippen MR) is 36.9 cm³/mol. The fourth-order valence-corrected chi connectivity index (χ4v) is 0. The standard InChI is InChI=1S/C4H11N.C2H6O/c1-4(2,3)5;1-3-2/h5H2,1-3H3;1-2H3. The Morgan fingerprint density at radius 1 is 1.12 bits per heavy atom. The summed E-state index contributed by atoms with van der Waals surface area (Å²) in [6.07, 6.45) is 0. The molecule has 0 aromatic carbocycles. The highest BCUT2D eigenvalue weighted by Gasteiger charge is 1.95. The average molecular weight is 119 g/mol. The Morgan fingerprint density at radius 3 is 1.12 bits per heavy atom. The van der Waals surface area contributed by atoms with Gasteiger partial charge in [0.1, 0.15) is 0 Å². The van der Waals surface area contributed by atoms with Crippen LogP contribution < -0.4 is 5.73 Å². The highest BCUT2D eigenvalue weighted by atomic mass is 16.4. The van der Waals surface area contributed by atoms with E-state index in [1.807, 2.05) is 20.8 Å². The molecular formula is C6H17NO. The maximum Gasteiger partial charge on any atom is 0.0351 e. The second kappa shape index (κ2) is 5.06. The highest BCUT2D eigenvalue weighted by Crippen LogP contribution is 1.88. The lowest BCUT2D eigenvalue weighted by Gasteiger charge is -2.06. The normalized spacial score (nSPS) is 9.75. The van der Waals surface area contributed by atoms with Crippen LogP contribution in [0.1, 0.15) is 20.8 Å². The van der Waals surface area contributed by atoms with Crippen LogP contribution in [-0.4, -0.2) is 19.8 Å². The van der Waals surface area contributed by atoms with Gasteiger partial charge in [-0.05, 0) is 20.8 Å². The minimum Gasteiger partial charge on any atom is -0.388 e. The third kappa shape index (κ3) is 22400. The quantitative estimate of drug-likeness (QED) is 0.516. The van der Waals surface area contributed by atoms with Gasteiger partial charge in [0.15, 0.2) is 0 Å². The van der Waals surface area contributed by atoms with Crippen LogP contribution in [0.3, 0.4) is 0 Å². The zero-order chi connectivity index (χ0) is 7.21. The van der Waals surface area contributed by atoms with Crippen LogP contribution in [0.5, 0.6) is 0 Å². The molecule has 0 saturated carbocycles. The first kappa shape index (κ1) is 10.8. The number of methoxy groups -OCH3 is 1. The van der Waals surface area contributed by atoms with Gasteiger partial charge < -0.3 is 10.5 Å². The molecule has 52 valence electrons. The third-order valence-electron chi connectivity index (χ3n) is 0. The smallest absolute Gasteiger partial charge is 0.0351 e. The molecule has 0 aliphatic carbocycles. The largest absolute Gasteiger partial charge is 0.388 e. The van der Waals surface area contributed by atoms with Gasteiger partial charge in [-0.1, -0.05) is 0 Å². The lowest BCUT2D eigenvalue weighted by Crippen LogP contribution is -2.26. The van der Waals surface area contributed by atoms with Gasteiger partial charge in [-0.3, -0.25) is 0 Å². The van der Waals surface area contributed by atoms with Gasteiger partial charge in [0.25, 0.3) is 0 Å². The van der Waals surface area contributed by atoms with Crippen LogP contribution >= 0.6 is 0 Å². The summed E-state index contributed by atoms with van der Waals surface area (Å²) >= 11 is 0. The van der Waals surface area contributed by atoms with Crippen LogP contribution in [0, 0.1) is 0 Å². The second-order valence-electron chi connectivity index (χ2n) is 2.77. The zero-order valence-electron chi connectivity index (χ0n) is 6.49. The summed E-state index contributed by atoms with van der Waals surface area (Å²) in [5, 5.41) is 0. The molecule has 0 fully saturated rings. The Bertz CT molecular complexity index is 32.3. The summed E-state index contributed by atoms with van der Waals surface area (Å²) < 4.78 is 4.25. The minimum atomic E-state index is 0. The number of hydrogen-bond donors (Lipinski definition) is 1. The predicted octanol–water partition coefficient (Wildman–Crippen LogP) is 1.01. The van der Waals surface area contributed by atoms with E-state index < -0.39 is 0 Å². The molecule has 0 saturated heterocycles. The Balaban J connectivity index is 0. The molecule has 2 heteroatoms. The van der Waals surface area contributed by atoms with Crippen molar-refractivity contribution >= 4 is 0 Å². The van der Waals surface area contributed by atoms with Gasteiger partial charge in [-0.25, -0.2) is 0 Å². The molecule has 0 amide bonds. The van der Waals surface area contributed by atoms with E-state index in [-0.39, 0.29) is 5.54 Å². The van der Waals surface area contributed by atoms with Crippen molar-refractivity contribution in [2.45, 2.75) is 26.3 Å². The summed E-state index contributed by atoms with van der Waals surface area (Å²) in [6, 6.07) is 0. The maximum absolute atomic E-state index is 5.35. The Kier molecular flexibility index (Phi) is 6.85. The molecule has 0 unspecified atom stereocenters. The van der Waals surface area contributed by atoms with Crippen molar-refractivity contribution in [1.82, 2.24) is 0 Å². The molecule has 0 radical (unpaired) electrons. The lowest BCUT2D eigenvalue weighted by molar-refractivity contribution is 0.277. The van der Waals surface area contributed by atoms with Crippen LogP contribution in [0.15, 0.2) is 0 Å². The maximum atomic E-state index is 5.35. The van der Waals surface area contributed by atoms with Gasteiger partial charge in [-0.2, -0.15) is 0 Å². The van der Waals surface area contributed by atoms with E-state index in [1.54, 1.807) is 14.2 Å². The third-order valence-corrected chi connectivity index (χ3v) is 0. The van der Waals surface area contributed by atoms with Crippen molar-refractivity contribution in [3.8, 4) is 0 Å². The molecule has 0 aromatic rings. The number of nitrogens with two attached hydrogens (primary N) is 1. The van der Waals surface area contributed by atoms with Crippen molar-refractivity contribution < 1.29 is 4.74 Å². The number of rotatable bonds is 0. The van der Waals surface area contributed by atoms with Crippen molar-refractivity contribution in [1.29, 1.82) is 0 Å². The summed E-state index contributed by atoms with van der Waals surface area (Å²) in [6.45, 7) is 5.90. The van der Waals surface area contributed by atoms with Gasteiger partial charge >= 0.3 is 0 Å². The summed E-state index contributed by atoms with van der Waals surface area (Å²) in [7, 11) is 3.25. The Morgan fingerprint density at radius 2 is 1.12 bits per heavy atom. The van der Waals surface area contributed by atoms with Crippen molar-refractivity contribution in [3.05, 3.63) is 0 Å². The van der Waals surface area contributed by atoms with Crippen LogP contribution in [-0.2, 0) is 4.74 Å². The zero-order valence-corrected chi connectivity index (χ0v) is 6.49. The molecule has 0 rings (SSSR count). The van der Waals surface area contributed by atoms with Gasteiger partial charge in [0.2, 0.25) is 0 Å². The molecule has 2 nitrogen and oxygen atoms in total. The molecule has 0 aliphatic heterocycles. The van der Waals surface area contributed by atoms with E-state index in [1.165, 1.54) is 0 Å². The topological polar surface area (TPSA) is 35.2 Å². The number of hydrogen-bond acceptors (Lipinski definition) is 2. The van der Waals surface area contributed by atoms with Crippen LogP contribution in [0.25, 0.3) is 0 Å². The molecule has 0 aliphatic rings. The second-order valence-corrected chi connectivity index (χ2v) is 2.77. The van der Waals surface area contributed by atoms with E-state index in [2.05, 4.69) is 4.74 Å². The molecular weight excluding hydrogens is 102 g/mol. The Labute approximate surface area is 52.0 Å². The van der Waals surface area contributed by atoms with Crippen molar-refractivity contribution in [2.24, 2.45) is 5.73 Å². The van der Waals surface area contributed by atoms with Gasteiger partial charge in [0, 0.05) is 19.8 Å². The highest BCUT2D eigenvalue weighted by molar-refractivity contribution is 4.60. The minimum absolute atomic E-state index is 0. The summed E-state index contributed by atoms with van der Waals surface area (Å²) in [5.41, 5.74) is 5.35. The fraction of sp³-hybridized carbons (Fsp3) is 1.00. The lowest BCUT2D eigenvalue weighted by atomic mass is 10.1. The van der Waals surface area contributed by atoms with E-state index >= 15 is 0 Å². The fourth-order valence-electron chi connectivity index (χ4n) is 0. The van der Waals surface area contributed by atoms with Crippen molar-refractivity contribution in [2.75, 3.05) is 14.2 Å². The molecule has 0 atom stereocenters. The number of ether oxygens (including phenoxy) is 1. The molecule has 0 heterocycles. The Hall–Kier alpha value is -0.0800. The first-order valence-corrected chi connectivity index (χ1v) is 2.61. The SMILES string of the molecule is CC(C)(C)N.COC. The van der Waals surface area contributed by atoms with Gasteiger partial charge in [0.05, 0.1) is 0 Å².